The van der Waals surface area contributed by atoms with Crippen molar-refractivity contribution in [2.24, 2.45) is 0 Å². The Morgan fingerprint density at radius 2 is 2.39 bits per heavy atom. The van der Waals surface area contributed by atoms with Gasteiger partial charge in [0, 0.05) is 18.1 Å². The van der Waals surface area contributed by atoms with Gasteiger partial charge in [-0.3, -0.25) is 0 Å². The molecule has 3 heterocycles. The van der Waals surface area contributed by atoms with Gasteiger partial charge in [-0.05, 0) is 25.8 Å². The Balaban J connectivity index is 1.77. The second-order valence-corrected chi connectivity index (χ2v) is 5.10. The minimum atomic E-state index is -0.393. The van der Waals surface area contributed by atoms with Crippen LogP contribution in [0.4, 0.5) is 0 Å². The predicted octanol–water partition coefficient (Wildman–Crippen LogP) is 2.72. The van der Waals surface area contributed by atoms with Crippen LogP contribution < -0.4 is 0 Å². The van der Waals surface area contributed by atoms with Gasteiger partial charge in [-0.1, -0.05) is 5.16 Å². The number of nitrogens with zero attached hydrogens (tertiary/aromatic N) is 3. The smallest absolute Gasteiger partial charge is 0.250 e. The van der Waals surface area contributed by atoms with Crippen molar-refractivity contribution >= 4 is 23.5 Å². The zero-order chi connectivity index (χ0) is 12.4. The highest BCUT2D eigenvalue weighted by Crippen LogP contribution is 2.33. The molecule has 0 radical (unpaired) electrons. The van der Waals surface area contributed by atoms with Crippen LogP contribution in [0, 0.1) is 0 Å². The van der Waals surface area contributed by atoms with Gasteiger partial charge in [0.15, 0.2) is 0 Å². The molecular weight excluding hydrogens is 250 g/mol. The molecule has 94 valence electrons. The molecule has 6 heteroatoms. The van der Waals surface area contributed by atoms with Crippen LogP contribution in [0.1, 0.15) is 37.2 Å². The minimum absolute atomic E-state index is 0.393. The maximum atomic E-state index is 5.67. The standard InChI is InChI=1S/C12H13N3O2S/c1-12(5-2-6-16-12)11-14-10(17-15-11)4-3-9-7-18-8-13-9/h3-4,7-8H,2,5-6H2,1H3/b4-3+. The van der Waals surface area contributed by atoms with Crippen LogP contribution >= 0.6 is 11.3 Å². The van der Waals surface area contributed by atoms with E-state index in [4.69, 9.17) is 9.26 Å². The molecule has 3 rings (SSSR count). The average molecular weight is 263 g/mol. The third-order valence-corrected chi connectivity index (χ3v) is 3.59. The van der Waals surface area contributed by atoms with Gasteiger partial charge in [-0.25, -0.2) is 4.98 Å². The van der Waals surface area contributed by atoms with E-state index < -0.39 is 5.60 Å². The zero-order valence-corrected chi connectivity index (χ0v) is 10.8. The van der Waals surface area contributed by atoms with Crippen molar-refractivity contribution in [1.29, 1.82) is 0 Å². The van der Waals surface area contributed by atoms with Crippen molar-refractivity contribution in [3.8, 4) is 0 Å². The third kappa shape index (κ3) is 2.21. The summed E-state index contributed by atoms with van der Waals surface area (Å²) in [6, 6.07) is 0. The van der Waals surface area contributed by atoms with Gasteiger partial charge in [0.25, 0.3) is 5.89 Å². The van der Waals surface area contributed by atoms with Gasteiger partial charge in [-0.2, -0.15) is 4.98 Å². The second-order valence-electron chi connectivity index (χ2n) is 4.39. The molecule has 1 fully saturated rings. The Morgan fingerprint density at radius 3 is 3.11 bits per heavy atom. The Hall–Kier alpha value is -1.53. The summed E-state index contributed by atoms with van der Waals surface area (Å²) in [6.07, 6.45) is 5.59. The third-order valence-electron chi connectivity index (χ3n) is 2.98. The first kappa shape index (κ1) is 11.6. The highest BCUT2D eigenvalue weighted by atomic mass is 32.1. The molecule has 1 atom stereocenters. The van der Waals surface area contributed by atoms with Crippen molar-refractivity contribution in [2.45, 2.75) is 25.4 Å². The van der Waals surface area contributed by atoms with Crippen molar-refractivity contribution in [3.05, 3.63) is 28.3 Å². The first-order valence-electron chi connectivity index (χ1n) is 5.81. The van der Waals surface area contributed by atoms with E-state index in [-0.39, 0.29) is 0 Å². The van der Waals surface area contributed by atoms with Crippen molar-refractivity contribution < 1.29 is 9.26 Å². The van der Waals surface area contributed by atoms with E-state index in [9.17, 15) is 0 Å². The largest absolute Gasteiger partial charge is 0.367 e. The molecule has 2 aromatic heterocycles. The molecule has 1 unspecified atom stereocenters. The van der Waals surface area contributed by atoms with Crippen LogP contribution in [0.5, 0.6) is 0 Å². The van der Waals surface area contributed by atoms with E-state index in [1.807, 2.05) is 18.4 Å². The molecule has 0 bridgehead atoms. The van der Waals surface area contributed by atoms with Crippen LogP contribution in [0.15, 0.2) is 15.4 Å². The molecule has 0 saturated carbocycles. The monoisotopic (exact) mass is 263 g/mol. The summed E-state index contributed by atoms with van der Waals surface area (Å²) in [5.74, 6) is 1.10. The topological polar surface area (TPSA) is 61.0 Å². The molecule has 0 aromatic carbocycles. The molecule has 0 spiro atoms. The molecule has 0 amide bonds. The van der Waals surface area contributed by atoms with Crippen LogP contribution in [0.2, 0.25) is 0 Å². The van der Waals surface area contributed by atoms with Gasteiger partial charge in [0.2, 0.25) is 5.82 Å². The lowest BCUT2D eigenvalue weighted by Gasteiger charge is -2.17. The Bertz CT molecular complexity index is 541. The van der Waals surface area contributed by atoms with Crippen LogP contribution in [-0.2, 0) is 10.3 Å². The number of rotatable bonds is 3. The van der Waals surface area contributed by atoms with Gasteiger partial charge in [0.1, 0.15) is 5.60 Å². The molecule has 0 N–H and O–H groups in total. The predicted molar refractivity (Wildman–Crippen MR) is 67.9 cm³/mol. The quantitative estimate of drug-likeness (QED) is 0.852. The summed E-state index contributed by atoms with van der Waals surface area (Å²) in [4.78, 5) is 8.50. The summed E-state index contributed by atoms with van der Waals surface area (Å²) in [7, 11) is 0. The molecule has 1 aliphatic rings. The van der Waals surface area contributed by atoms with Crippen molar-refractivity contribution in [2.75, 3.05) is 6.61 Å². The van der Waals surface area contributed by atoms with E-state index in [2.05, 4.69) is 15.1 Å². The van der Waals surface area contributed by atoms with Gasteiger partial charge >= 0.3 is 0 Å². The van der Waals surface area contributed by atoms with Gasteiger partial charge in [-0.15, -0.1) is 11.3 Å². The SMILES string of the molecule is CC1(c2noc(/C=C/c3cscn3)n2)CCCO1. The minimum Gasteiger partial charge on any atom is -0.367 e. The summed E-state index contributed by atoms with van der Waals surface area (Å²) >= 11 is 1.55. The fourth-order valence-corrected chi connectivity index (χ4v) is 2.46. The average Bonchev–Trinajstić information content (AvgIpc) is 3.08. The Labute approximate surface area is 109 Å². The number of thiazole rings is 1. The van der Waals surface area contributed by atoms with Crippen molar-refractivity contribution in [1.82, 2.24) is 15.1 Å². The number of ether oxygens (including phenoxy) is 1. The lowest BCUT2D eigenvalue weighted by atomic mass is 10.0. The highest BCUT2D eigenvalue weighted by Gasteiger charge is 2.36. The summed E-state index contributed by atoms with van der Waals surface area (Å²) in [5, 5.41) is 5.94. The van der Waals surface area contributed by atoms with Crippen molar-refractivity contribution in [3.63, 3.8) is 0 Å². The fourth-order valence-electron chi connectivity index (χ4n) is 1.93. The maximum absolute atomic E-state index is 5.67. The first-order chi connectivity index (χ1) is 8.76. The Kier molecular flexibility index (Phi) is 2.97. The number of hydrogen-bond donors (Lipinski definition) is 0. The molecule has 1 aliphatic heterocycles. The second kappa shape index (κ2) is 4.62. The van der Waals surface area contributed by atoms with Crippen LogP contribution in [0.3, 0.4) is 0 Å². The van der Waals surface area contributed by atoms with E-state index in [0.29, 0.717) is 11.7 Å². The summed E-state index contributed by atoms with van der Waals surface area (Å²) < 4.78 is 10.9. The van der Waals surface area contributed by atoms with E-state index in [1.54, 1.807) is 22.9 Å². The summed E-state index contributed by atoms with van der Waals surface area (Å²) in [6.45, 7) is 2.76. The lowest BCUT2D eigenvalue weighted by Crippen LogP contribution is -2.21. The fraction of sp³-hybridized carbons (Fsp3) is 0.417. The molecule has 5 nitrogen and oxygen atoms in total. The van der Waals surface area contributed by atoms with Crippen LogP contribution in [0.25, 0.3) is 12.2 Å². The Morgan fingerprint density at radius 1 is 1.44 bits per heavy atom. The van der Waals surface area contributed by atoms with Gasteiger partial charge < -0.3 is 9.26 Å². The molecule has 18 heavy (non-hydrogen) atoms. The summed E-state index contributed by atoms with van der Waals surface area (Å²) in [5.41, 5.74) is 2.28. The lowest BCUT2D eigenvalue weighted by molar-refractivity contribution is 0.00768. The molecule has 0 aliphatic carbocycles. The molecular formula is C12H13N3O2S. The van der Waals surface area contributed by atoms with E-state index >= 15 is 0 Å². The maximum Gasteiger partial charge on any atom is 0.250 e. The van der Waals surface area contributed by atoms with E-state index in [0.717, 1.165) is 25.1 Å². The number of hydrogen-bond acceptors (Lipinski definition) is 6. The first-order valence-corrected chi connectivity index (χ1v) is 6.75. The number of aromatic nitrogens is 3. The normalized spacial score (nSPS) is 24.1. The molecule has 1 saturated heterocycles. The van der Waals surface area contributed by atoms with Crippen LogP contribution in [-0.4, -0.2) is 21.7 Å². The molecule has 2 aromatic rings. The zero-order valence-electron chi connectivity index (χ0n) is 10.00. The van der Waals surface area contributed by atoms with E-state index in [1.165, 1.54) is 0 Å². The highest BCUT2D eigenvalue weighted by molar-refractivity contribution is 7.07. The van der Waals surface area contributed by atoms with Gasteiger partial charge in [0.05, 0.1) is 11.2 Å².